The van der Waals surface area contributed by atoms with E-state index < -0.39 is 23.8 Å². The Morgan fingerprint density at radius 3 is 2.71 bits per heavy atom. The summed E-state index contributed by atoms with van der Waals surface area (Å²) in [6.07, 6.45) is 1.92. The first-order valence-electron chi connectivity index (χ1n) is 10.5. The van der Waals surface area contributed by atoms with E-state index in [1.165, 1.54) is 4.90 Å². The standard InChI is InChI=1S/C22H29ClN4O4/c1-22(2,3)31-21(29)27-16(13-30-19-11-14(25)6-8-17(19)23)7-9-18(27)20(28)26-10-4-5-15(26)12-24/h6,8,11,15-16,18H,4-5,7,9-10,13,25H2,1-3H3/t15-,16+,18-/m0/s1. The third kappa shape index (κ3) is 5.34. The van der Waals surface area contributed by atoms with Crippen LogP contribution in [0, 0.1) is 11.3 Å². The maximum atomic E-state index is 13.3. The molecule has 0 aromatic heterocycles. The third-order valence-corrected chi connectivity index (χ3v) is 5.78. The van der Waals surface area contributed by atoms with Gasteiger partial charge in [-0.2, -0.15) is 5.26 Å². The number of carbonyl (C=O) groups excluding carboxylic acids is 2. The molecular weight excluding hydrogens is 420 g/mol. The Kier molecular flexibility index (Phi) is 6.85. The monoisotopic (exact) mass is 448 g/mol. The van der Waals surface area contributed by atoms with Crippen LogP contribution in [0.3, 0.4) is 0 Å². The van der Waals surface area contributed by atoms with Crippen LogP contribution in [0.1, 0.15) is 46.5 Å². The number of halogens is 1. The highest BCUT2D eigenvalue weighted by molar-refractivity contribution is 6.32. The molecular formula is C22H29ClN4O4. The van der Waals surface area contributed by atoms with Crippen molar-refractivity contribution in [3.05, 3.63) is 23.2 Å². The summed E-state index contributed by atoms with van der Waals surface area (Å²) in [5, 5.41) is 9.79. The van der Waals surface area contributed by atoms with E-state index in [0.717, 1.165) is 6.42 Å². The molecule has 2 aliphatic heterocycles. The van der Waals surface area contributed by atoms with E-state index in [1.54, 1.807) is 43.9 Å². The van der Waals surface area contributed by atoms with Gasteiger partial charge in [-0.25, -0.2) is 4.79 Å². The number of hydrogen-bond donors (Lipinski definition) is 1. The second-order valence-corrected chi connectivity index (χ2v) is 9.36. The molecule has 8 nitrogen and oxygen atoms in total. The minimum Gasteiger partial charge on any atom is -0.490 e. The lowest BCUT2D eigenvalue weighted by Crippen LogP contribution is -2.53. The fourth-order valence-corrected chi connectivity index (χ4v) is 4.22. The smallest absolute Gasteiger partial charge is 0.411 e. The fourth-order valence-electron chi connectivity index (χ4n) is 4.05. The molecule has 2 amide bonds. The number of benzene rings is 1. The van der Waals surface area contributed by atoms with E-state index in [4.69, 9.17) is 26.8 Å². The van der Waals surface area contributed by atoms with Crippen LogP contribution in [0.15, 0.2) is 18.2 Å². The van der Waals surface area contributed by atoms with Gasteiger partial charge in [0.05, 0.1) is 17.1 Å². The normalized spacial score (nSPS) is 23.5. The van der Waals surface area contributed by atoms with Gasteiger partial charge in [0.1, 0.15) is 30.0 Å². The number of nitrogen functional groups attached to an aromatic ring is 1. The molecule has 2 fully saturated rings. The van der Waals surface area contributed by atoms with E-state index in [1.807, 2.05) is 0 Å². The van der Waals surface area contributed by atoms with Crippen molar-refractivity contribution >= 4 is 29.3 Å². The molecule has 2 aliphatic rings. The van der Waals surface area contributed by atoms with Crippen molar-refractivity contribution in [1.29, 1.82) is 5.26 Å². The van der Waals surface area contributed by atoms with Crippen molar-refractivity contribution in [2.75, 3.05) is 18.9 Å². The number of ether oxygens (including phenoxy) is 2. The summed E-state index contributed by atoms with van der Waals surface area (Å²) >= 11 is 6.19. The van der Waals surface area contributed by atoms with Gasteiger partial charge in [-0.05, 0) is 58.6 Å². The molecule has 31 heavy (non-hydrogen) atoms. The number of anilines is 1. The number of nitrogens with two attached hydrogens (primary N) is 1. The summed E-state index contributed by atoms with van der Waals surface area (Å²) in [6, 6.07) is 5.63. The Morgan fingerprint density at radius 2 is 2.03 bits per heavy atom. The molecule has 0 spiro atoms. The third-order valence-electron chi connectivity index (χ3n) is 5.46. The molecule has 0 radical (unpaired) electrons. The minimum atomic E-state index is -0.710. The SMILES string of the molecule is CC(C)(C)OC(=O)N1[C@@H](COc2cc(N)ccc2Cl)CC[C@H]1C(=O)N1CCC[C@H]1C#N. The number of amides is 2. The molecule has 3 rings (SSSR count). The summed E-state index contributed by atoms with van der Waals surface area (Å²) in [7, 11) is 0. The molecule has 9 heteroatoms. The van der Waals surface area contributed by atoms with Gasteiger partial charge in [-0.3, -0.25) is 9.69 Å². The number of carbonyl (C=O) groups is 2. The Morgan fingerprint density at radius 1 is 1.29 bits per heavy atom. The van der Waals surface area contributed by atoms with Gasteiger partial charge in [-0.15, -0.1) is 0 Å². The predicted molar refractivity (Wildman–Crippen MR) is 117 cm³/mol. The first kappa shape index (κ1) is 23.0. The maximum Gasteiger partial charge on any atom is 0.411 e. The molecule has 2 saturated heterocycles. The van der Waals surface area contributed by atoms with Crippen molar-refractivity contribution in [1.82, 2.24) is 9.80 Å². The molecule has 2 N–H and O–H groups in total. The van der Waals surface area contributed by atoms with Crippen LogP contribution < -0.4 is 10.5 Å². The van der Waals surface area contributed by atoms with Gasteiger partial charge in [0, 0.05) is 18.3 Å². The molecule has 0 unspecified atom stereocenters. The molecule has 2 heterocycles. The number of nitriles is 1. The molecule has 168 valence electrons. The summed E-state index contributed by atoms with van der Waals surface area (Å²) in [5.41, 5.74) is 5.62. The van der Waals surface area contributed by atoms with E-state index >= 15 is 0 Å². The Bertz CT molecular complexity index is 879. The first-order valence-corrected chi connectivity index (χ1v) is 10.9. The predicted octanol–water partition coefficient (Wildman–Crippen LogP) is 3.58. The Balaban J connectivity index is 1.79. The summed E-state index contributed by atoms with van der Waals surface area (Å²) < 4.78 is 11.5. The maximum absolute atomic E-state index is 13.3. The zero-order valence-electron chi connectivity index (χ0n) is 18.1. The highest BCUT2D eigenvalue weighted by Gasteiger charge is 2.46. The van der Waals surface area contributed by atoms with Gasteiger partial charge >= 0.3 is 6.09 Å². The van der Waals surface area contributed by atoms with Crippen molar-refractivity contribution < 1.29 is 19.1 Å². The molecule has 0 bridgehead atoms. The van der Waals surface area contributed by atoms with Crippen LogP contribution in [-0.2, 0) is 9.53 Å². The van der Waals surface area contributed by atoms with Gasteiger partial charge in [-0.1, -0.05) is 11.6 Å². The molecule has 0 saturated carbocycles. The fraction of sp³-hybridized carbons (Fsp3) is 0.591. The Hall–Kier alpha value is -2.66. The number of rotatable bonds is 4. The van der Waals surface area contributed by atoms with Crippen LogP contribution in [0.5, 0.6) is 5.75 Å². The highest BCUT2D eigenvalue weighted by Crippen LogP contribution is 2.32. The lowest BCUT2D eigenvalue weighted by molar-refractivity contribution is -0.136. The van der Waals surface area contributed by atoms with Gasteiger partial charge in [0.15, 0.2) is 0 Å². The first-order chi connectivity index (χ1) is 14.6. The van der Waals surface area contributed by atoms with E-state index in [-0.39, 0.29) is 18.6 Å². The van der Waals surface area contributed by atoms with Crippen LogP contribution in [0.2, 0.25) is 5.02 Å². The van der Waals surface area contributed by atoms with Crippen LogP contribution in [0.25, 0.3) is 0 Å². The molecule has 1 aromatic rings. The van der Waals surface area contributed by atoms with Crippen molar-refractivity contribution in [2.45, 2.75) is 70.2 Å². The van der Waals surface area contributed by atoms with Crippen LogP contribution in [-0.4, -0.2) is 58.7 Å². The molecule has 0 aliphatic carbocycles. The second kappa shape index (κ2) is 9.23. The van der Waals surface area contributed by atoms with E-state index in [9.17, 15) is 14.9 Å². The minimum absolute atomic E-state index is 0.147. The topological polar surface area (TPSA) is 109 Å². The van der Waals surface area contributed by atoms with Gasteiger partial charge in [0.2, 0.25) is 5.91 Å². The average Bonchev–Trinajstić information content (AvgIpc) is 3.33. The van der Waals surface area contributed by atoms with Crippen molar-refractivity contribution in [2.24, 2.45) is 0 Å². The average molecular weight is 449 g/mol. The molecule has 1 aromatic carbocycles. The highest BCUT2D eigenvalue weighted by atomic mass is 35.5. The van der Waals surface area contributed by atoms with Crippen molar-refractivity contribution in [3.63, 3.8) is 0 Å². The Labute approximate surface area is 187 Å². The summed E-state index contributed by atoms with van der Waals surface area (Å²) in [6.45, 7) is 6.01. The lowest BCUT2D eigenvalue weighted by atomic mass is 10.1. The summed E-state index contributed by atoms with van der Waals surface area (Å²) in [5.74, 6) is 0.212. The molecule has 3 atom stereocenters. The number of nitrogens with zero attached hydrogens (tertiary/aromatic N) is 3. The summed E-state index contributed by atoms with van der Waals surface area (Å²) in [4.78, 5) is 29.4. The van der Waals surface area contributed by atoms with Crippen LogP contribution >= 0.6 is 11.6 Å². The van der Waals surface area contributed by atoms with Gasteiger partial charge < -0.3 is 20.1 Å². The van der Waals surface area contributed by atoms with E-state index in [2.05, 4.69) is 6.07 Å². The number of hydrogen-bond acceptors (Lipinski definition) is 6. The zero-order chi connectivity index (χ0) is 22.8. The van der Waals surface area contributed by atoms with Crippen LogP contribution in [0.4, 0.5) is 10.5 Å². The number of likely N-dealkylation sites (tertiary alicyclic amines) is 2. The zero-order valence-corrected chi connectivity index (χ0v) is 18.9. The second-order valence-electron chi connectivity index (χ2n) is 8.95. The largest absolute Gasteiger partial charge is 0.490 e. The van der Waals surface area contributed by atoms with Crippen molar-refractivity contribution in [3.8, 4) is 11.8 Å². The van der Waals surface area contributed by atoms with E-state index in [0.29, 0.717) is 42.3 Å². The lowest BCUT2D eigenvalue weighted by Gasteiger charge is -2.34. The quantitative estimate of drug-likeness (QED) is 0.705. The van der Waals surface area contributed by atoms with Gasteiger partial charge in [0.25, 0.3) is 0 Å².